The summed E-state index contributed by atoms with van der Waals surface area (Å²) in [5, 5.41) is 21.8. The van der Waals surface area contributed by atoms with Gasteiger partial charge in [0.2, 0.25) is 0 Å². The smallest absolute Gasteiger partial charge is 0.174 e. The molecule has 2 N–H and O–H groups in total. The van der Waals surface area contributed by atoms with Crippen LogP contribution in [0.5, 0.6) is 0 Å². The van der Waals surface area contributed by atoms with Crippen molar-refractivity contribution in [2.45, 2.75) is 31.2 Å². The Labute approximate surface area is 105 Å². The lowest BCUT2D eigenvalue weighted by Crippen LogP contribution is -2.30. The summed E-state index contributed by atoms with van der Waals surface area (Å²) in [6.45, 7) is 7.82. The molecule has 0 spiro atoms. The summed E-state index contributed by atoms with van der Waals surface area (Å²) in [5.41, 5.74) is 0. The summed E-state index contributed by atoms with van der Waals surface area (Å²) in [6, 6.07) is 0. The van der Waals surface area contributed by atoms with Crippen molar-refractivity contribution in [2.24, 2.45) is 5.92 Å². The van der Waals surface area contributed by atoms with Crippen LogP contribution in [0, 0.1) is 12.8 Å². The van der Waals surface area contributed by atoms with Crippen LogP contribution >= 0.6 is 23.1 Å². The molecular weight excluding hydrogens is 242 g/mol. The number of nitrogens with one attached hydrogen (secondary N) is 1. The van der Waals surface area contributed by atoms with Gasteiger partial charge in [-0.1, -0.05) is 36.9 Å². The standard InChI is InChI=1S/C10H19N3OS2/c1-7(2)4-11-5-9(14)6-15-10-13-12-8(3)16-10/h7,9,11,14H,4-6H2,1-3H3. The molecule has 0 fully saturated rings. The zero-order valence-electron chi connectivity index (χ0n) is 9.93. The molecule has 0 aliphatic carbocycles. The van der Waals surface area contributed by atoms with Crippen LogP contribution in [0.15, 0.2) is 4.34 Å². The SMILES string of the molecule is Cc1nnc(SCC(O)CNCC(C)C)s1. The Hall–Kier alpha value is -0.170. The van der Waals surface area contributed by atoms with Crippen LogP contribution in [0.2, 0.25) is 0 Å². The number of hydrogen-bond donors (Lipinski definition) is 2. The topological polar surface area (TPSA) is 58.0 Å². The molecule has 6 heteroatoms. The minimum absolute atomic E-state index is 0.326. The van der Waals surface area contributed by atoms with Gasteiger partial charge in [-0.25, -0.2) is 0 Å². The van der Waals surface area contributed by atoms with E-state index in [4.69, 9.17) is 0 Å². The molecule has 0 amide bonds. The van der Waals surface area contributed by atoms with E-state index >= 15 is 0 Å². The molecular formula is C10H19N3OS2. The highest BCUT2D eigenvalue weighted by Crippen LogP contribution is 2.22. The molecule has 16 heavy (non-hydrogen) atoms. The van der Waals surface area contributed by atoms with E-state index < -0.39 is 0 Å². The number of hydrogen-bond acceptors (Lipinski definition) is 6. The number of aromatic nitrogens is 2. The predicted octanol–water partition coefficient (Wildman–Crippen LogP) is 1.55. The van der Waals surface area contributed by atoms with Gasteiger partial charge in [0, 0.05) is 12.3 Å². The van der Waals surface area contributed by atoms with Crippen LogP contribution in [0.25, 0.3) is 0 Å². The zero-order valence-corrected chi connectivity index (χ0v) is 11.6. The Bertz CT molecular complexity index is 304. The van der Waals surface area contributed by atoms with E-state index in [-0.39, 0.29) is 6.10 Å². The minimum Gasteiger partial charge on any atom is -0.391 e. The molecule has 1 aromatic rings. The fourth-order valence-electron chi connectivity index (χ4n) is 1.10. The van der Waals surface area contributed by atoms with Crippen LogP contribution < -0.4 is 5.32 Å². The maximum absolute atomic E-state index is 9.70. The first-order valence-corrected chi connectivity index (χ1v) is 7.20. The first-order chi connectivity index (χ1) is 7.58. The molecule has 0 bridgehead atoms. The highest BCUT2D eigenvalue weighted by molar-refractivity contribution is 8.01. The fraction of sp³-hybridized carbons (Fsp3) is 0.800. The molecule has 0 aromatic carbocycles. The van der Waals surface area contributed by atoms with Crippen molar-refractivity contribution < 1.29 is 5.11 Å². The van der Waals surface area contributed by atoms with E-state index in [0.29, 0.717) is 18.2 Å². The summed E-state index contributed by atoms with van der Waals surface area (Å²) >= 11 is 3.13. The first-order valence-electron chi connectivity index (χ1n) is 5.39. The number of aryl methyl sites for hydroxylation is 1. The molecule has 1 aromatic heterocycles. The van der Waals surface area contributed by atoms with Crippen LogP contribution in [-0.4, -0.2) is 40.3 Å². The van der Waals surface area contributed by atoms with Crippen LogP contribution in [0.4, 0.5) is 0 Å². The van der Waals surface area contributed by atoms with Crippen molar-refractivity contribution >= 4 is 23.1 Å². The van der Waals surface area contributed by atoms with Gasteiger partial charge in [0.1, 0.15) is 5.01 Å². The van der Waals surface area contributed by atoms with E-state index in [0.717, 1.165) is 15.9 Å². The monoisotopic (exact) mass is 261 g/mol. The lowest BCUT2D eigenvalue weighted by atomic mass is 10.2. The third-order valence-corrected chi connectivity index (χ3v) is 3.96. The van der Waals surface area contributed by atoms with Gasteiger partial charge in [-0.3, -0.25) is 0 Å². The second kappa shape index (κ2) is 7.21. The Morgan fingerprint density at radius 2 is 2.12 bits per heavy atom. The maximum atomic E-state index is 9.70. The Balaban J connectivity index is 2.12. The van der Waals surface area contributed by atoms with Crippen molar-refractivity contribution in [3.05, 3.63) is 5.01 Å². The zero-order chi connectivity index (χ0) is 12.0. The van der Waals surface area contributed by atoms with Crippen LogP contribution in [-0.2, 0) is 0 Å². The molecule has 1 heterocycles. The summed E-state index contributed by atoms with van der Waals surface area (Å²) < 4.78 is 0.931. The van der Waals surface area contributed by atoms with Crippen molar-refractivity contribution in [3.8, 4) is 0 Å². The van der Waals surface area contributed by atoms with E-state index in [1.54, 1.807) is 23.1 Å². The molecule has 1 unspecified atom stereocenters. The molecule has 1 atom stereocenters. The summed E-state index contributed by atoms with van der Waals surface area (Å²) in [4.78, 5) is 0. The van der Waals surface area contributed by atoms with Gasteiger partial charge in [0.15, 0.2) is 4.34 Å². The van der Waals surface area contributed by atoms with Gasteiger partial charge < -0.3 is 10.4 Å². The third-order valence-electron chi connectivity index (χ3n) is 1.84. The number of rotatable bonds is 7. The quantitative estimate of drug-likeness (QED) is 0.729. The molecule has 1 rings (SSSR count). The minimum atomic E-state index is -0.326. The number of aliphatic hydroxyl groups excluding tert-OH is 1. The molecule has 0 aliphatic heterocycles. The fourth-order valence-corrected chi connectivity index (χ4v) is 2.87. The highest BCUT2D eigenvalue weighted by atomic mass is 32.2. The van der Waals surface area contributed by atoms with Gasteiger partial charge in [-0.2, -0.15) is 0 Å². The van der Waals surface area contributed by atoms with Crippen molar-refractivity contribution in [1.82, 2.24) is 15.5 Å². The maximum Gasteiger partial charge on any atom is 0.174 e. The van der Waals surface area contributed by atoms with Crippen LogP contribution in [0.3, 0.4) is 0 Å². The molecule has 0 saturated carbocycles. The van der Waals surface area contributed by atoms with E-state index in [9.17, 15) is 5.11 Å². The summed E-state index contributed by atoms with van der Waals surface area (Å²) in [5.74, 6) is 1.28. The Kier molecular flexibility index (Phi) is 6.26. The number of thioether (sulfide) groups is 1. The summed E-state index contributed by atoms with van der Waals surface area (Å²) in [7, 11) is 0. The average molecular weight is 261 g/mol. The normalized spacial score (nSPS) is 13.3. The van der Waals surface area contributed by atoms with E-state index in [1.165, 1.54) is 0 Å². The summed E-state index contributed by atoms with van der Waals surface area (Å²) in [6.07, 6.45) is -0.326. The predicted molar refractivity (Wildman–Crippen MR) is 69.1 cm³/mol. The number of aliphatic hydroxyl groups is 1. The molecule has 0 radical (unpaired) electrons. The van der Waals surface area contributed by atoms with Crippen LogP contribution in [0.1, 0.15) is 18.9 Å². The Morgan fingerprint density at radius 1 is 1.38 bits per heavy atom. The third kappa shape index (κ3) is 5.79. The van der Waals surface area contributed by atoms with Gasteiger partial charge in [-0.15, -0.1) is 10.2 Å². The van der Waals surface area contributed by atoms with Gasteiger partial charge in [-0.05, 0) is 19.4 Å². The first kappa shape index (κ1) is 13.9. The van der Waals surface area contributed by atoms with E-state index in [1.807, 2.05) is 6.92 Å². The van der Waals surface area contributed by atoms with Crippen molar-refractivity contribution in [2.75, 3.05) is 18.8 Å². The lowest BCUT2D eigenvalue weighted by Gasteiger charge is -2.11. The molecule has 0 aliphatic rings. The lowest BCUT2D eigenvalue weighted by molar-refractivity contribution is 0.194. The average Bonchev–Trinajstić information content (AvgIpc) is 2.61. The second-order valence-electron chi connectivity index (χ2n) is 4.10. The van der Waals surface area contributed by atoms with Crippen molar-refractivity contribution in [1.29, 1.82) is 0 Å². The largest absolute Gasteiger partial charge is 0.391 e. The van der Waals surface area contributed by atoms with E-state index in [2.05, 4.69) is 29.4 Å². The van der Waals surface area contributed by atoms with Crippen molar-refractivity contribution in [3.63, 3.8) is 0 Å². The molecule has 92 valence electrons. The highest BCUT2D eigenvalue weighted by Gasteiger charge is 2.07. The van der Waals surface area contributed by atoms with Gasteiger partial charge in [0.25, 0.3) is 0 Å². The van der Waals surface area contributed by atoms with Gasteiger partial charge in [0.05, 0.1) is 6.10 Å². The van der Waals surface area contributed by atoms with Gasteiger partial charge >= 0.3 is 0 Å². The number of nitrogens with zero attached hydrogens (tertiary/aromatic N) is 2. The molecule has 4 nitrogen and oxygen atoms in total. The second-order valence-corrected chi connectivity index (χ2v) is 6.55. The Morgan fingerprint density at radius 3 is 2.69 bits per heavy atom. The molecule has 0 saturated heterocycles.